The van der Waals surface area contributed by atoms with Crippen molar-refractivity contribution < 1.29 is 4.79 Å². The number of amides is 1. The smallest absolute Gasteiger partial charge is 0.256 e. The minimum Gasteiger partial charge on any atom is -0.398 e. The fraction of sp³-hybridized carbons (Fsp3) is 0.231. The van der Waals surface area contributed by atoms with E-state index in [9.17, 15) is 4.79 Å². The van der Waals surface area contributed by atoms with E-state index in [0.717, 1.165) is 18.5 Å². The van der Waals surface area contributed by atoms with Gasteiger partial charge >= 0.3 is 0 Å². The van der Waals surface area contributed by atoms with Gasteiger partial charge in [-0.05, 0) is 40.5 Å². The van der Waals surface area contributed by atoms with Gasteiger partial charge in [0.05, 0.1) is 0 Å². The molecule has 0 unspecified atom stereocenters. The number of nitrogens with one attached hydrogen (secondary N) is 2. The Bertz CT molecular complexity index is 594. The van der Waals surface area contributed by atoms with E-state index in [1.165, 1.54) is 0 Å². The molecule has 0 radical (unpaired) electrons. The Morgan fingerprint density at radius 1 is 1.47 bits per heavy atom. The molecule has 1 aromatic carbocycles. The number of nitrogen functional groups attached to an aromatic ring is 1. The van der Waals surface area contributed by atoms with Crippen LogP contribution >= 0.6 is 15.9 Å². The van der Waals surface area contributed by atoms with Crippen molar-refractivity contribution >= 4 is 33.3 Å². The zero-order chi connectivity index (χ0) is 13.8. The van der Waals surface area contributed by atoms with Crippen molar-refractivity contribution in [3.05, 3.63) is 40.0 Å². The number of nitrogens with zero attached hydrogens (tertiary/aromatic N) is 1. The van der Waals surface area contributed by atoms with Crippen molar-refractivity contribution in [3.63, 3.8) is 0 Å². The maximum Gasteiger partial charge on any atom is 0.256 e. The maximum atomic E-state index is 12.0. The molecule has 0 bridgehead atoms. The minimum atomic E-state index is -0.213. The Balaban J connectivity index is 2.09. The molecule has 0 aliphatic heterocycles. The van der Waals surface area contributed by atoms with E-state index < -0.39 is 0 Å². The highest BCUT2D eigenvalue weighted by molar-refractivity contribution is 9.10. The lowest BCUT2D eigenvalue weighted by molar-refractivity contribution is 0.102. The third kappa shape index (κ3) is 3.35. The molecule has 1 aromatic heterocycles. The molecular weight excluding hydrogens is 308 g/mol. The number of H-pyrrole nitrogens is 1. The number of anilines is 2. The van der Waals surface area contributed by atoms with Gasteiger partial charge in [-0.15, -0.1) is 0 Å². The van der Waals surface area contributed by atoms with Crippen molar-refractivity contribution in [2.45, 2.75) is 19.8 Å². The van der Waals surface area contributed by atoms with Gasteiger partial charge in [-0.25, -0.2) is 0 Å². The number of halogens is 1. The fourth-order valence-electron chi connectivity index (χ4n) is 1.68. The van der Waals surface area contributed by atoms with Crippen molar-refractivity contribution in [1.29, 1.82) is 0 Å². The predicted molar refractivity (Wildman–Crippen MR) is 79.1 cm³/mol. The van der Waals surface area contributed by atoms with Crippen molar-refractivity contribution in [2.24, 2.45) is 0 Å². The van der Waals surface area contributed by atoms with E-state index in [1.807, 2.05) is 6.07 Å². The summed E-state index contributed by atoms with van der Waals surface area (Å²) in [5, 5.41) is 9.68. The van der Waals surface area contributed by atoms with Gasteiger partial charge in [0.1, 0.15) is 0 Å². The van der Waals surface area contributed by atoms with Gasteiger partial charge in [0.15, 0.2) is 5.82 Å². The van der Waals surface area contributed by atoms with Crippen LogP contribution in [0.3, 0.4) is 0 Å². The van der Waals surface area contributed by atoms with Gasteiger partial charge in [-0.1, -0.05) is 13.3 Å². The molecule has 0 atom stereocenters. The Kier molecular flexibility index (Phi) is 4.21. The van der Waals surface area contributed by atoms with Crippen LogP contribution in [0.2, 0.25) is 0 Å². The molecule has 0 saturated heterocycles. The Labute approximate surface area is 119 Å². The van der Waals surface area contributed by atoms with Crippen LogP contribution in [0.4, 0.5) is 11.5 Å². The lowest BCUT2D eigenvalue weighted by Gasteiger charge is -2.04. The number of rotatable bonds is 4. The normalized spacial score (nSPS) is 10.4. The second-order valence-electron chi connectivity index (χ2n) is 4.22. The second kappa shape index (κ2) is 5.88. The van der Waals surface area contributed by atoms with Crippen LogP contribution in [0.15, 0.2) is 28.7 Å². The predicted octanol–water partition coefficient (Wildman–Crippen LogP) is 2.96. The quantitative estimate of drug-likeness (QED) is 0.756. The van der Waals surface area contributed by atoms with E-state index in [-0.39, 0.29) is 5.91 Å². The van der Waals surface area contributed by atoms with E-state index in [1.54, 1.807) is 18.2 Å². The second-order valence-corrected chi connectivity index (χ2v) is 5.07. The summed E-state index contributed by atoms with van der Waals surface area (Å²) < 4.78 is 0.703. The van der Waals surface area contributed by atoms with Crippen molar-refractivity contribution in [1.82, 2.24) is 10.2 Å². The molecular formula is C13H15BrN4O. The monoisotopic (exact) mass is 322 g/mol. The molecule has 0 aliphatic rings. The molecule has 2 rings (SSSR count). The van der Waals surface area contributed by atoms with Gasteiger partial charge in [0, 0.05) is 27.5 Å². The van der Waals surface area contributed by atoms with E-state index in [4.69, 9.17) is 5.73 Å². The summed E-state index contributed by atoms with van der Waals surface area (Å²) in [5.41, 5.74) is 7.82. The summed E-state index contributed by atoms with van der Waals surface area (Å²) in [5.74, 6) is 0.316. The number of benzene rings is 1. The summed E-state index contributed by atoms with van der Waals surface area (Å²) in [4.78, 5) is 12.0. The number of hydrogen-bond donors (Lipinski definition) is 3. The van der Waals surface area contributed by atoms with Gasteiger partial charge in [-0.2, -0.15) is 5.10 Å². The highest BCUT2D eigenvalue weighted by Gasteiger charge is 2.09. The van der Waals surface area contributed by atoms with Gasteiger partial charge in [0.25, 0.3) is 5.91 Å². The lowest BCUT2D eigenvalue weighted by Crippen LogP contribution is -2.12. The molecule has 19 heavy (non-hydrogen) atoms. The number of aryl methyl sites for hydroxylation is 1. The first-order chi connectivity index (χ1) is 9.10. The van der Waals surface area contributed by atoms with E-state index in [2.05, 4.69) is 38.4 Å². The topological polar surface area (TPSA) is 83.8 Å². The number of aromatic amines is 1. The SMILES string of the molecule is CCCc1cc(NC(=O)c2ccc(N)c(Br)c2)n[nH]1. The van der Waals surface area contributed by atoms with E-state index >= 15 is 0 Å². The Morgan fingerprint density at radius 3 is 2.95 bits per heavy atom. The number of nitrogens with two attached hydrogens (primary N) is 1. The molecule has 0 fully saturated rings. The maximum absolute atomic E-state index is 12.0. The molecule has 0 saturated carbocycles. The first-order valence-corrected chi connectivity index (χ1v) is 6.80. The average molecular weight is 323 g/mol. The van der Waals surface area contributed by atoms with Crippen LogP contribution in [0.25, 0.3) is 0 Å². The van der Waals surface area contributed by atoms with Gasteiger partial charge in [-0.3, -0.25) is 9.89 Å². The molecule has 100 valence electrons. The Morgan fingerprint density at radius 2 is 2.26 bits per heavy atom. The van der Waals surface area contributed by atoms with Crippen molar-refractivity contribution in [2.75, 3.05) is 11.1 Å². The van der Waals surface area contributed by atoms with Crippen LogP contribution in [0.5, 0.6) is 0 Å². The number of carbonyl (C=O) groups is 1. The molecule has 0 aliphatic carbocycles. The summed E-state index contributed by atoms with van der Waals surface area (Å²) in [6, 6.07) is 6.89. The largest absolute Gasteiger partial charge is 0.398 e. The summed E-state index contributed by atoms with van der Waals surface area (Å²) in [6.45, 7) is 2.09. The van der Waals surface area contributed by atoms with Crippen LogP contribution in [0, 0.1) is 0 Å². The molecule has 2 aromatic rings. The molecule has 0 spiro atoms. The standard InChI is InChI=1S/C13H15BrN4O/c1-2-3-9-7-12(18-17-9)16-13(19)8-4-5-11(15)10(14)6-8/h4-7H,2-3,15H2,1H3,(H2,16,17,18,19). The molecule has 5 nitrogen and oxygen atoms in total. The molecule has 4 N–H and O–H groups in total. The van der Waals surface area contributed by atoms with Crippen LogP contribution in [-0.4, -0.2) is 16.1 Å². The number of hydrogen-bond acceptors (Lipinski definition) is 3. The fourth-order valence-corrected chi connectivity index (χ4v) is 2.06. The van der Waals surface area contributed by atoms with Gasteiger partial charge < -0.3 is 11.1 Å². The highest BCUT2D eigenvalue weighted by Crippen LogP contribution is 2.21. The first kappa shape index (κ1) is 13.6. The average Bonchev–Trinajstić information content (AvgIpc) is 2.80. The molecule has 1 heterocycles. The zero-order valence-corrected chi connectivity index (χ0v) is 12.1. The third-order valence-electron chi connectivity index (χ3n) is 2.65. The zero-order valence-electron chi connectivity index (χ0n) is 10.5. The lowest BCUT2D eigenvalue weighted by atomic mass is 10.2. The molecule has 6 heteroatoms. The van der Waals surface area contributed by atoms with Crippen molar-refractivity contribution in [3.8, 4) is 0 Å². The summed E-state index contributed by atoms with van der Waals surface area (Å²) >= 11 is 3.30. The third-order valence-corrected chi connectivity index (χ3v) is 3.34. The van der Waals surface area contributed by atoms with Crippen LogP contribution in [0.1, 0.15) is 29.4 Å². The van der Waals surface area contributed by atoms with Gasteiger partial charge in [0.2, 0.25) is 0 Å². The van der Waals surface area contributed by atoms with E-state index in [0.29, 0.717) is 21.5 Å². The minimum absolute atomic E-state index is 0.213. The summed E-state index contributed by atoms with van der Waals surface area (Å²) in [6.07, 6.45) is 1.94. The number of carbonyl (C=O) groups excluding carboxylic acids is 1. The first-order valence-electron chi connectivity index (χ1n) is 6.01. The highest BCUT2D eigenvalue weighted by atomic mass is 79.9. The van der Waals surface area contributed by atoms with Crippen LogP contribution < -0.4 is 11.1 Å². The Hall–Kier alpha value is -1.82. The van der Waals surface area contributed by atoms with Crippen LogP contribution in [-0.2, 0) is 6.42 Å². The summed E-state index contributed by atoms with van der Waals surface area (Å²) in [7, 11) is 0. The number of aromatic nitrogens is 2. The molecule has 1 amide bonds.